The lowest BCUT2D eigenvalue weighted by molar-refractivity contribution is 0.0931. The predicted octanol–water partition coefficient (Wildman–Crippen LogP) is 4.49. The van der Waals surface area contributed by atoms with E-state index in [0.29, 0.717) is 22.9 Å². The SMILES string of the molecule is CCN(CC)C(CNC(=O)c1cccnc1SCc1cc(C)on1)c1cccc(OC)c1. The van der Waals surface area contributed by atoms with E-state index in [4.69, 9.17) is 9.26 Å². The van der Waals surface area contributed by atoms with Crippen LogP contribution in [-0.4, -0.2) is 47.7 Å². The summed E-state index contributed by atoms with van der Waals surface area (Å²) in [5.41, 5.74) is 2.49. The zero-order valence-electron chi connectivity index (χ0n) is 19.0. The highest BCUT2D eigenvalue weighted by atomic mass is 32.2. The maximum atomic E-state index is 13.1. The average Bonchev–Trinajstić information content (AvgIpc) is 3.25. The van der Waals surface area contributed by atoms with Gasteiger partial charge in [0.1, 0.15) is 16.5 Å². The van der Waals surface area contributed by atoms with Crippen LogP contribution in [0.2, 0.25) is 0 Å². The lowest BCUT2D eigenvalue weighted by atomic mass is 10.0. The van der Waals surface area contributed by atoms with Crippen molar-refractivity contribution < 1.29 is 14.1 Å². The first-order chi connectivity index (χ1) is 15.5. The summed E-state index contributed by atoms with van der Waals surface area (Å²) in [7, 11) is 1.66. The van der Waals surface area contributed by atoms with Gasteiger partial charge in [-0.1, -0.05) is 42.9 Å². The van der Waals surface area contributed by atoms with E-state index in [9.17, 15) is 4.79 Å². The fraction of sp³-hybridized carbons (Fsp3) is 0.375. The summed E-state index contributed by atoms with van der Waals surface area (Å²) in [4.78, 5) is 19.8. The summed E-state index contributed by atoms with van der Waals surface area (Å²) in [5, 5.41) is 7.80. The number of aryl methyl sites for hydroxylation is 1. The lowest BCUT2D eigenvalue weighted by Gasteiger charge is -2.30. The minimum Gasteiger partial charge on any atom is -0.497 e. The molecule has 1 amide bonds. The van der Waals surface area contributed by atoms with Gasteiger partial charge in [-0.05, 0) is 49.8 Å². The van der Waals surface area contributed by atoms with E-state index in [1.807, 2.05) is 31.2 Å². The third kappa shape index (κ3) is 6.11. The highest BCUT2D eigenvalue weighted by Crippen LogP contribution is 2.26. The zero-order chi connectivity index (χ0) is 22.9. The Hall–Kier alpha value is -2.84. The van der Waals surface area contributed by atoms with E-state index in [0.717, 1.165) is 35.9 Å². The summed E-state index contributed by atoms with van der Waals surface area (Å²) in [6.45, 7) is 8.34. The number of hydrogen-bond acceptors (Lipinski definition) is 7. The minimum atomic E-state index is -0.142. The van der Waals surface area contributed by atoms with Crippen molar-refractivity contribution >= 4 is 17.7 Å². The second-order valence-electron chi connectivity index (χ2n) is 7.30. The van der Waals surface area contributed by atoms with Crippen LogP contribution in [0.3, 0.4) is 0 Å². The number of thioether (sulfide) groups is 1. The molecule has 170 valence electrons. The van der Waals surface area contributed by atoms with Crippen LogP contribution in [0.5, 0.6) is 5.75 Å². The highest BCUT2D eigenvalue weighted by molar-refractivity contribution is 7.98. The van der Waals surface area contributed by atoms with Crippen LogP contribution in [-0.2, 0) is 5.75 Å². The van der Waals surface area contributed by atoms with Gasteiger partial charge in [0.15, 0.2) is 0 Å². The summed E-state index contributed by atoms with van der Waals surface area (Å²) in [5.74, 6) is 2.01. The molecule has 32 heavy (non-hydrogen) atoms. The number of likely N-dealkylation sites (N-methyl/N-ethyl adjacent to an activating group) is 1. The van der Waals surface area contributed by atoms with Crippen LogP contribution < -0.4 is 10.1 Å². The van der Waals surface area contributed by atoms with Crippen molar-refractivity contribution in [1.82, 2.24) is 20.4 Å². The fourth-order valence-corrected chi connectivity index (χ4v) is 4.43. The minimum absolute atomic E-state index is 0.0370. The number of ether oxygens (including phenoxy) is 1. The first kappa shape index (κ1) is 23.8. The van der Waals surface area contributed by atoms with Crippen molar-refractivity contribution in [1.29, 1.82) is 0 Å². The van der Waals surface area contributed by atoms with Gasteiger partial charge in [-0.15, -0.1) is 0 Å². The number of rotatable bonds is 11. The molecule has 3 rings (SSSR count). The molecule has 1 N–H and O–H groups in total. The number of hydrogen-bond donors (Lipinski definition) is 1. The summed E-state index contributed by atoms with van der Waals surface area (Å²) < 4.78 is 10.5. The molecule has 1 atom stereocenters. The monoisotopic (exact) mass is 454 g/mol. The molecule has 1 aromatic carbocycles. The number of carbonyl (C=O) groups is 1. The lowest BCUT2D eigenvalue weighted by Crippen LogP contribution is -2.38. The second-order valence-corrected chi connectivity index (χ2v) is 8.26. The van der Waals surface area contributed by atoms with Gasteiger partial charge in [-0.2, -0.15) is 0 Å². The largest absolute Gasteiger partial charge is 0.497 e. The van der Waals surface area contributed by atoms with Crippen LogP contribution >= 0.6 is 11.8 Å². The predicted molar refractivity (Wildman–Crippen MR) is 126 cm³/mol. The summed E-state index contributed by atoms with van der Waals surface area (Å²) in [6, 6.07) is 13.5. The average molecular weight is 455 g/mol. The van der Waals surface area contributed by atoms with E-state index in [1.165, 1.54) is 11.8 Å². The maximum absolute atomic E-state index is 13.1. The molecule has 3 aromatic rings. The molecule has 0 bridgehead atoms. The highest BCUT2D eigenvalue weighted by Gasteiger charge is 2.21. The number of nitrogens with zero attached hydrogens (tertiary/aromatic N) is 3. The first-order valence-corrected chi connectivity index (χ1v) is 11.7. The molecule has 2 aromatic heterocycles. The molecule has 0 radical (unpaired) electrons. The maximum Gasteiger partial charge on any atom is 0.254 e. The van der Waals surface area contributed by atoms with Gasteiger partial charge in [-0.3, -0.25) is 9.69 Å². The Labute approximate surface area is 193 Å². The van der Waals surface area contributed by atoms with Crippen molar-refractivity contribution in [3.05, 3.63) is 71.2 Å². The Bertz CT molecular complexity index is 1020. The number of methoxy groups -OCH3 is 1. The summed E-state index contributed by atoms with van der Waals surface area (Å²) in [6.07, 6.45) is 1.70. The zero-order valence-corrected chi connectivity index (χ0v) is 19.8. The smallest absolute Gasteiger partial charge is 0.254 e. The molecule has 0 spiro atoms. The van der Waals surface area contributed by atoms with Crippen molar-refractivity contribution in [3.8, 4) is 5.75 Å². The molecular weight excluding hydrogens is 424 g/mol. The Balaban J connectivity index is 1.73. The third-order valence-corrected chi connectivity index (χ3v) is 6.28. The van der Waals surface area contributed by atoms with Crippen molar-refractivity contribution in [3.63, 3.8) is 0 Å². The molecule has 0 saturated carbocycles. The van der Waals surface area contributed by atoms with Crippen LogP contribution in [0.4, 0.5) is 0 Å². The van der Waals surface area contributed by atoms with Crippen molar-refractivity contribution in [2.45, 2.75) is 37.6 Å². The Kier molecular flexibility index (Phi) is 8.70. The van der Waals surface area contributed by atoms with Gasteiger partial charge in [0, 0.05) is 24.6 Å². The molecule has 0 aliphatic heterocycles. The van der Waals surface area contributed by atoms with Crippen LogP contribution in [0.1, 0.15) is 47.3 Å². The van der Waals surface area contributed by atoms with E-state index in [1.54, 1.807) is 25.4 Å². The van der Waals surface area contributed by atoms with Gasteiger partial charge >= 0.3 is 0 Å². The molecular formula is C24H30N4O3S. The quantitative estimate of drug-likeness (QED) is 0.428. The van der Waals surface area contributed by atoms with E-state index in [2.05, 4.69) is 40.3 Å². The van der Waals surface area contributed by atoms with Crippen LogP contribution in [0, 0.1) is 6.92 Å². The molecule has 8 heteroatoms. The Morgan fingerprint density at radius 1 is 1.22 bits per heavy atom. The van der Waals surface area contributed by atoms with E-state index in [-0.39, 0.29) is 11.9 Å². The number of pyridine rings is 1. The number of amides is 1. The van der Waals surface area contributed by atoms with Crippen LogP contribution in [0.25, 0.3) is 0 Å². The standard InChI is InChI=1S/C24H30N4O3S/c1-5-28(6-2)22(18-9-7-10-20(14-18)30-4)15-26-23(29)21-11-8-12-25-24(21)32-16-19-13-17(3)31-27-19/h7-14,22H,5-6,15-16H2,1-4H3,(H,26,29). The second kappa shape index (κ2) is 11.7. The van der Waals surface area contributed by atoms with Gasteiger partial charge in [0.25, 0.3) is 5.91 Å². The fourth-order valence-electron chi connectivity index (χ4n) is 3.56. The number of nitrogens with one attached hydrogen (secondary N) is 1. The third-order valence-electron chi connectivity index (χ3n) is 5.24. The molecule has 0 fully saturated rings. The van der Waals surface area contributed by atoms with Crippen LogP contribution in [0.15, 0.2) is 58.2 Å². The van der Waals surface area contributed by atoms with Gasteiger partial charge in [-0.25, -0.2) is 4.98 Å². The molecule has 0 aliphatic rings. The first-order valence-electron chi connectivity index (χ1n) is 10.7. The molecule has 2 heterocycles. The number of carbonyl (C=O) groups excluding carboxylic acids is 1. The van der Waals surface area contributed by atoms with Gasteiger partial charge in [0.2, 0.25) is 0 Å². The molecule has 0 aliphatic carbocycles. The number of aromatic nitrogens is 2. The Morgan fingerprint density at radius 2 is 2.03 bits per heavy atom. The van der Waals surface area contributed by atoms with Gasteiger partial charge in [0.05, 0.1) is 24.4 Å². The molecule has 7 nitrogen and oxygen atoms in total. The van der Waals surface area contributed by atoms with Crippen molar-refractivity contribution in [2.24, 2.45) is 0 Å². The topological polar surface area (TPSA) is 80.5 Å². The molecule has 0 saturated heterocycles. The molecule has 1 unspecified atom stereocenters. The normalized spacial score (nSPS) is 12.0. The van der Waals surface area contributed by atoms with Crippen molar-refractivity contribution in [2.75, 3.05) is 26.7 Å². The Morgan fingerprint density at radius 3 is 2.72 bits per heavy atom. The summed E-state index contributed by atoms with van der Waals surface area (Å²) >= 11 is 1.47. The van der Waals surface area contributed by atoms with E-state index >= 15 is 0 Å². The van der Waals surface area contributed by atoms with Gasteiger partial charge < -0.3 is 14.6 Å². The number of benzene rings is 1. The van der Waals surface area contributed by atoms with E-state index < -0.39 is 0 Å².